The molecule has 9 heteroatoms. The summed E-state index contributed by atoms with van der Waals surface area (Å²) in [6, 6.07) is 10.9. The van der Waals surface area contributed by atoms with E-state index in [0.29, 0.717) is 16.2 Å². The van der Waals surface area contributed by atoms with Gasteiger partial charge in [-0.25, -0.2) is 18.2 Å². The number of thiazole rings is 1. The first-order chi connectivity index (χ1) is 13.7. The fourth-order valence-corrected chi connectivity index (χ4v) is 4.58. The minimum Gasteiger partial charge on any atom is -0.462 e. The summed E-state index contributed by atoms with van der Waals surface area (Å²) >= 11 is 1.22. The Bertz CT molecular complexity index is 1180. The van der Waals surface area contributed by atoms with Crippen LogP contribution in [0.4, 0.5) is 5.13 Å². The number of carbonyl (C=O) groups is 2. The Kier molecular flexibility index (Phi) is 5.99. The van der Waals surface area contributed by atoms with Gasteiger partial charge in [0.25, 0.3) is 5.91 Å². The Labute approximate surface area is 172 Å². The van der Waals surface area contributed by atoms with Crippen LogP contribution in [0, 0.1) is 0 Å². The number of amides is 1. The second-order valence-electron chi connectivity index (χ2n) is 6.50. The number of anilines is 1. The number of aromatic nitrogens is 1. The molecule has 0 aliphatic rings. The molecule has 1 aromatic heterocycles. The number of nitrogens with one attached hydrogen (secondary N) is 1. The van der Waals surface area contributed by atoms with Crippen molar-refractivity contribution in [3.63, 3.8) is 0 Å². The van der Waals surface area contributed by atoms with Crippen LogP contribution in [0.25, 0.3) is 10.2 Å². The molecule has 0 saturated heterocycles. The van der Waals surface area contributed by atoms with E-state index in [4.69, 9.17) is 4.74 Å². The van der Waals surface area contributed by atoms with Crippen molar-refractivity contribution >= 4 is 48.4 Å². The number of nitrogens with zero attached hydrogens (tertiary/aromatic N) is 1. The van der Waals surface area contributed by atoms with Gasteiger partial charge in [-0.1, -0.05) is 17.4 Å². The van der Waals surface area contributed by atoms with Crippen LogP contribution in [0.1, 0.15) is 41.5 Å². The quantitative estimate of drug-likeness (QED) is 0.593. The van der Waals surface area contributed by atoms with Crippen LogP contribution in [-0.4, -0.2) is 37.1 Å². The van der Waals surface area contributed by atoms with Gasteiger partial charge in [0.1, 0.15) is 0 Å². The second kappa shape index (κ2) is 8.30. The fourth-order valence-electron chi connectivity index (χ4n) is 2.58. The first kappa shape index (κ1) is 20.9. The molecule has 0 radical (unpaired) electrons. The summed E-state index contributed by atoms with van der Waals surface area (Å²) in [4.78, 5) is 28.9. The van der Waals surface area contributed by atoms with E-state index in [1.807, 2.05) is 0 Å². The number of rotatable bonds is 6. The molecule has 7 nitrogen and oxygen atoms in total. The number of esters is 1. The third-order valence-corrected chi connectivity index (χ3v) is 7.25. The molecular formula is C20H20N2O5S2. The summed E-state index contributed by atoms with van der Waals surface area (Å²) in [5, 5.41) is 2.45. The van der Waals surface area contributed by atoms with Crippen molar-refractivity contribution < 1.29 is 22.7 Å². The van der Waals surface area contributed by atoms with Gasteiger partial charge in [-0.15, -0.1) is 0 Å². The summed E-state index contributed by atoms with van der Waals surface area (Å²) in [5.74, 6) is -0.882. The van der Waals surface area contributed by atoms with E-state index >= 15 is 0 Å². The summed E-state index contributed by atoms with van der Waals surface area (Å²) in [7, 11) is -3.48. The predicted molar refractivity (Wildman–Crippen MR) is 112 cm³/mol. The van der Waals surface area contributed by atoms with E-state index in [0.717, 1.165) is 4.70 Å². The highest BCUT2D eigenvalue weighted by molar-refractivity contribution is 7.92. The highest BCUT2D eigenvalue weighted by atomic mass is 32.2. The summed E-state index contributed by atoms with van der Waals surface area (Å²) in [6.45, 7) is 5.20. The molecule has 29 heavy (non-hydrogen) atoms. The molecule has 2 aromatic carbocycles. The van der Waals surface area contributed by atoms with Gasteiger partial charge in [0, 0.05) is 5.56 Å². The van der Waals surface area contributed by atoms with Crippen molar-refractivity contribution in [2.45, 2.75) is 30.9 Å². The maximum atomic E-state index is 12.6. The number of carbonyl (C=O) groups excluding carboxylic acids is 2. The van der Waals surface area contributed by atoms with Gasteiger partial charge in [0.2, 0.25) is 0 Å². The largest absolute Gasteiger partial charge is 0.462 e. The number of benzene rings is 2. The van der Waals surface area contributed by atoms with Crippen LogP contribution in [0.3, 0.4) is 0 Å². The first-order valence-electron chi connectivity index (χ1n) is 8.95. The minimum atomic E-state index is -3.48. The Hall–Kier alpha value is -2.78. The van der Waals surface area contributed by atoms with Crippen molar-refractivity contribution in [2.75, 3.05) is 11.9 Å². The highest BCUT2D eigenvalue weighted by Crippen LogP contribution is 2.28. The predicted octanol–water partition coefficient (Wildman–Crippen LogP) is 3.91. The zero-order valence-corrected chi connectivity index (χ0v) is 17.8. The van der Waals surface area contributed by atoms with E-state index in [9.17, 15) is 18.0 Å². The maximum absolute atomic E-state index is 12.6. The van der Waals surface area contributed by atoms with Crippen LogP contribution in [0.5, 0.6) is 0 Å². The molecule has 3 aromatic rings. The SMILES string of the molecule is CCOC(=O)c1ccc2nc(NC(=O)c3cccc(S(=O)(=O)C(C)C)c3)sc2c1. The van der Waals surface area contributed by atoms with Gasteiger partial charge in [-0.3, -0.25) is 10.1 Å². The molecule has 1 amide bonds. The number of ether oxygens (including phenoxy) is 1. The normalized spacial score (nSPS) is 11.6. The highest BCUT2D eigenvalue weighted by Gasteiger charge is 2.21. The van der Waals surface area contributed by atoms with Gasteiger partial charge in [0.05, 0.1) is 32.5 Å². The lowest BCUT2D eigenvalue weighted by Crippen LogP contribution is -2.16. The van der Waals surface area contributed by atoms with Crippen molar-refractivity contribution in [1.29, 1.82) is 0 Å². The maximum Gasteiger partial charge on any atom is 0.338 e. The Balaban J connectivity index is 1.84. The van der Waals surface area contributed by atoms with Crippen LogP contribution < -0.4 is 5.32 Å². The third kappa shape index (κ3) is 4.46. The van der Waals surface area contributed by atoms with E-state index in [1.54, 1.807) is 45.0 Å². The molecule has 152 valence electrons. The van der Waals surface area contributed by atoms with Gasteiger partial charge >= 0.3 is 5.97 Å². The molecule has 0 unspecified atom stereocenters. The van der Waals surface area contributed by atoms with Crippen molar-refractivity contribution in [3.05, 3.63) is 53.6 Å². The van der Waals surface area contributed by atoms with Gasteiger partial charge in [0.15, 0.2) is 15.0 Å². The van der Waals surface area contributed by atoms with Crippen LogP contribution in [0.15, 0.2) is 47.4 Å². The monoisotopic (exact) mass is 432 g/mol. The van der Waals surface area contributed by atoms with Gasteiger partial charge in [-0.05, 0) is 57.2 Å². The molecule has 0 aliphatic heterocycles. The first-order valence-corrected chi connectivity index (χ1v) is 11.3. The number of fused-ring (bicyclic) bond motifs is 1. The Morgan fingerprint density at radius 3 is 2.59 bits per heavy atom. The second-order valence-corrected chi connectivity index (χ2v) is 10.0. The van der Waals surface area contributed by atoms with Crippen molar-refractivity contribution in [2.24, 2.45) is 0 Å². The minimum absolute atomic E-state index is 0.100. The molecule has 1 N–H and O–H groups in total. The summed E-state index contributed by atoms with van der Waals surface area (Å²) in [5.41, 5.74) is 1.26. The average Bonchev–Trinajstić information content (AvgIpc) is 3.09. The van der Waals surface area contributed by atoms with Crippen LogP contribution >= 0.6 is 11.3 Å². The van der Waals surface area contributed by atoms with Gasteiger partial charge in [-0.2, -0.15) is 0 Å². The van der Waals surface area contributed by atoms with E-state index < -0.39 is 27.0 Å². The molecule has 0 fully saturated rings. The van der Waals surface area contributed by atoms with E-state index in [-0.39, 0.29) is 17.1 Å². The molecule has 0 spiro atoms. The van der Waals surface area contributed by atoms with Crippen molar-refractivity contribution in [3.8, 4) is 0 Å². The van der Waals surface area contributed by atoms with Crippen LogP contribution in [-0.2, 0) is 14.6 Å². The molecule has 0 atom stereocenters. The molecule has 0 bridgehead atoms. The Morgan fingerprint density at radius 2 is 1.90 bits per heavy atom. The lowest BCUT2D eigenvalue weighted by molar-refractivity contribution is 0.0526. The lowest BCUT2D eigenvalue weighted by atomic mass is 10.2. The smallest absolute Gasteiger partial charge is 0.338 e. The number of sulfone groups is 1. The topological polar surface area (TPSA) is 102 Å². The molecular weight excluding hydrogens is 412 g/mol. The molecule has 0 aliphatic carbocycles. The number of hydrogen-bond donors (Lipinski definition) is 1. The third-order valence-electron chi connectivity index (χ3n) is 4.17. The summed E-state index contributed by atoms with van der Waals surface area (Å²) in [6.07, 6.45) is 0. The fraction of sp³-hybridized carbons (Fsp3) is 0.250. The van der Waals surface area contributed by atoms with Gasteiger partial charge < -0.3 is 4.74 Å². The number of hydrogen-bond acceptors (Lipinski definition) is 7. The van der Waals surface area contributed by atoms with Crippen LogP contribution in [0.2, 0.25) is 0 Å². The van der Waals surface area contributed by atoms with Crippen molar-refractivity contribution in [1.82, 2.24) is 4.98 Å². The summed E-state index contributed by atoms with van der Waals surface area (Å²) < 4.78 is 30.4. The average molecular weight is 433 g/mol. The van der Waals surface area contributed by atoms with E-state index in [2.05, 4.69) is 10.3 Å². The standard InChI is InChI=1S/C20H20N2O5S2/c1-4-27-19(24)14-8-9-16-17(11-14)28-20(21-16)22-18(23)13-6-5-7-15(10-13)29(25,26)12(2)3/h5-12H,4H2,1-3H3,(H,21,22,23). The zero-order valence-electron chi connectivity index (χ0n) is 16.1. The Morgan fingerprint density at radius 1 is 1.14 bits per heavy atom. The molecule has 1 heterocycles. The van der Waals surface area contributed by atoms with E-state index in [1.165, 1.54) is 29.5 Å². The zero-order chi connectivity index (χ0) is 21.2. The molecule has 3 rings (SSSR count). The lowest BCUT2D eigenvalue weighted by Gasteiger charge is -2.09. The molecule has 0 saturated carbocycles.